The summed E-state index contributed by atoms with van der Waals surface area (Å²) in [6, 6.07) is 12.0. The Labute approximate surface area is 183 Å². The van der Waals surface area contributed by atoms with Crippen LogP contribution in [0.25, 0.3) is 0 Å². The van der Waals surface area contributed by atoms with Crippen LogP contribution in [0.5, 0.6) is 5.75 Å². The van der Waals surface area contributed by atoms with Crippen LogP contribution in [0.1, 0.15) is 41.6 Å². The van der Waals surface area contributed by atoms with Crippen LogP contribution in [0.15, 0.2) is 47.4 Å². The fraction of sp³-hybridized carbons (Fsp3) is 0.435. The zero-order valence-corrected chi connectivity index (χ0v) is 18.5. The zero-order valence-electron chi connectivity index (χ0n) is 17.7. The van der Waals surface area contributed by atoms with Crippen LogP contribution in [0.3, 0.4) is 0 Å². The van der Waals surface area contributed by atoms with Gasteiger partial charge in [-0.05, 0) is 74.6 Å². The molecule has 1 aliphatic heterocycles. The molecule has 0 atom stereocenters. The molecule has 1 amide bonds. The molecule has 0 aromatic heterocycles. The number of morpholine rings is 1. The summed E-state index contributed by atoms with van der Waals surface area (Å²) >= 11 is 0. The van der Waals surface area contributed by atoms with Crippen molar-refractivity contribution in [2.75, 3.05) is 31.6 Å². The predicted molar refractivity (Wildman–Crippen MR) is 118 cm³/mol. The third-order valence-electron chi connectivity index (χ3n) is 5.76. The van der Waals surface area contributed by atoms with Gasteiger partial charge in [-0.15, -0.1) is 0 Å². The molecule has 0 bridgehead atoms. The highest BCUT2D eigenvalue weighted by Gasteiger charge is 2.28. The molecule has 0 spiro atoms. The number of amides is 1. The van der Waals surface area contributed by atoms with Crippen LogP contribution in [0.4, 0.5) is 5.69 Å². The average molecular weight is 445 g/mol. The lowest BCUT2D eigenvalue weighted by atomic mass is 10.1. The van der Waals surface area contributed by atoms with Crippen LogP contribution in [-0.2, 0) is 14.8 Å². The lowest BCUT2D eigenvalue weighted by molar-refractivity contribution is 0.0730. The van der Waals surface area contributed by atoms with Gasteiger partial charge in [0.1, 0.15) is 5.75 Å². The second-order valence-corrected chi connectivity index (χ2v) is 9.91. The van der Waals surface area contributed by atoms with E-state index in [2.05, 4.69) is 5.32 Å². The number of sulfonamides is 1. The smallest absolute Gasteiger partial charge is 0.255 e. The standard InChI is InChI=1S/C23H28N2O5S/c1-17-6-7-18(16-22(17)31(27,28)25-12-14-29-15-13-25)23(26)24-19-8-10-21(11-9-19)30-20-4-2-3-5-20/h6-11,16,20H,2-5,12-15H2,1H3,(H,24,26). The highest BCUT2D eigenvalue weighted by atomic mass is 32.2. The third kappa shape index (κ3) is 5.08. The summed E-state index contributed by atoms with van der Waals surface area (Å²) in [5.41, 5.74) is 1.53. The molecule has 2 aromatic carbocycles. The van der Waals surface area contributed by atoms with Crippen molar-refractivity contribution in [3.63, 3.8) is 0 Å². The monoisotopic (exact) mass is 444 g/mol. The number of benzene rings is 2. The van der Waals surface area contributed by atoms with Crippen LogP contribution < -0.4 is 10.1 Å². The van der Waals surface area contributed by atoms with Crippen molar-refractivity contribution in [1.82, 2.24) is 4.31 Å². The highest BCUT2D eigenvalue weighted by molar-refractivity contribution is 7.89. The van der Waals surface area contributed by atoms with Crippen LogP contribution in [0, 0.1) is 6.92 Å². The number of aryl methyl sites for hydroxylation is 1. The number of hydrogen-bond donors (Lipinski definition) is 1. The first-order chi connectivity index (χ1) is 14.9. The first-order valence-electron chi connectivity index (χ1n) is 10.7. The summed E-state index contributed by atoms with van der Waals surface area (Å²) in [4.78, 5) is 12.9. The minimum Gasteiger partial charge on any atom is -0.490 e. The van der Waals surface area contributed by atoms with E-state index >= 15 is 0 Å². The minimum absolute atomic E-state index is 0.155. The molecular weight excluding hydrogens is 416 g/mol. The third-order valence-corrected chi connectivity index (χ3v) is 7.80. The highest BCUT2D eigenvalue weighted by Crippen LogP contribution is 2.26. The molecule has 7 nitrogen and oxygen atoms in total. The second kappa shape index (κ2) is 9.38. The molecule has 4 rings (SSSR count). The normalized spacial score (nSPS) is 18.1. The fourth-order valence-corrected chi connectivity index (χ4v) is 5.62. The maximum atomic E-state index is 13.0. The first kappa shape index (κ1) is 21.8. The van der Waals surface area contributed by atoms with E-state index in [1.165, 1.54) is 23.2 Å². The largest absolute Gasteiger partial charge is 0.490 e. The van der Waals surface area contributed by atoms with E-state index in [9.17, 15) is 13.2 Å². The second-order valence-electron chi connectivity index (χ2n) is 8.00. The number of rotatable bonds is 6. The quantitative estimate of drug-likeness (QED) is 0.736. The Hall–Kier alpha value is -2.42. The predicted octanol–water partition coefficient (Wildman–Crippen LogP) is 3.59. The summed E-state index contributed by atoms with van der Waals surface area (Å²) < 4.78 is 38.7. The van der Waals surface area contributed by atoms with Gasteiger partial charge in [0, 0.05) is 24.3 Å². The molecule has 31 heavy (non-hydrogen) atoms. The van der Waals surface area contributed by atoms with Gasteiger partial charge in [-0.25, -0.2) is 8.42 Å². The molecule has 1 saturated heterocycles. The van der Waals surface area contributed by atoms with Crippen LogP contribution in [0.2, 0.25) is 0 Å². The number of hydrogen-bond acceptors (Lipinski definition) is 5. The molecule has 1 aliphatic carbocycles. The summed E-state index contributed by atoms with van der Waals surface area (Å²) in [6.45, 7) is 3.11. The van der Waals surface area contributed by atoms with Crippen LogP contribution in [-0.4, -0.2) is 51.0 Å². The molecule has 1 saturated carbocycles. The molecule has 2 fully saturated rings. The Balaban J connectivity index is 1.46. The first-order valence-corrected chi connectivity index (χ1v) is 12.1. The van der Waals surface area contributed by atoms with E-state index in [-0.39, 0.29) is 16.9 Å². The van der Waals surface area contributed by atoms with Crippen molar-refractivity contribution in [2.45, 2.75) is 43.6 Å². The van der Waals surface area contributed by atoms with E-state index < -0.39 is 10.0 Å². The van der Waals surface area contributed by atoms with Gasteiger partial charge >= 0.3 is 0 Å². The molecule has 2 aliphatic rings. The Morgan fingerprint density at radius 2 is 1.74 bits per heavy atom. The van der Waals surface area contributed by atoms with Gasteiger partial charge in [-0.1, -0.05) is 6.07 Å². The molecule has 1 heterocycles. The maximum Gasteiger partial charge on any atom is 0.255 e. The van der Waals surface area contributed by atoms with E-state index in [1.807, 2.05) is 12.1 Å². The van der Waals surface area contributed by atoms with Gasteiger partial charge in [0.05, 0.1) is 24.2 Å². The van der Waals surface area contributed by atoms with Crippen molar-refractivity contribution in [2.24, 2.45) is 0 Å². The molecule has 2 aromatic rings. The van der Waals surface area contributed by atoms with E-state index in [1.54, 1.807) is 31.2 Å². The molecule has 166 valence electrons. The zero-order chi connectivity index (χ0) is 21.8. The molecule has 8 heteroatoms. The molecule has 1 N–H and O–H groups in total. The number of carbonyl (C=O) groups is 1. The fourth-order valence-electron chi connectivity index (χ4n) is 3.96. The summed E-state index contributed by atoms with van der Waals surface area (Å²) in [5.74, 6) is 0.432. The van der Waals surface area contributed by atoms with Gasteiger partial charge in [0.2, 0.25) is 10.0 Å². The van der Waals surface area contributed by atoms with Crippen LogP contribution >= 0.6 is 0 Å². The van der Waals surface area contributed by atoms with Gasteiger partial charge < -0.3 is 14.8 Å². The number of ether oxygens (including phenoxy) is 2. The number of nitrogens with zero attached hydrogens (tertiary/aromatic N) is 1. The average Bonchev–Trinajstić information content (AvgIpc) is 3.29. The summed E-state index contributed by atoms with van der Waals surface area (Å²) in [5, 5.41) is 2.83. The van der Waals surface area contributed by atoms with Crippen molar-refractivity contribution in [3.05, 3.63) is 53.6 Å². The number of anilines is 1. The summed E-state index contributed by atoms with van der Waals surface area (Å²) in [6.07, 6.45) is 4.86. The van der Waals surface area contributed by atoms with Crippen molar-refractivity contribution < 1.29 is 22.7 Å². The van der Waals surface area contributed by atoms with Gasteiger partial charge in [0.15, 0.2) is 0 Å². The number of carbonyl (C=O) groups excluding carboxylic acids is 1. The van der Waals surface area contributed by atoms with E-state index in [0.717, 1.165) is 18.6 Å². The SMILES string of the molecule is Cc1ccc(C(=O)Nc2ccc(OC3CCCC3)cc2)cc1S(=O)(=O)N1CCOCC1. The lowest BCUT2D eigenvalue weighted by Gasteiger charge is -2.26. The topological polar surface area (TPSA) is 84.9 Å². The molecule has 0 unspecified atom stereocenters. The number of nitrogens with one attached hydrogen (secondary N) is 1. The Morgan fingerprint density at radius 3 is 2.42 bits per heavy atom. The van der Waals surface area contributed by atoms with Gasteiger partial charge in [0.25, 0.3) is 5.91 Å². The summed E-state index contributed by atoms with van der Waals surface area (Å²) in [7, 11) is -3.68. The Kier molecular flexibility index (Phi) is 6.60. The van der Waals surface area contributed by atoms with Crippen molar-refractivity contribution in [1.29, 1.82) is 0 Å². The van der Waals surface area contributed by atoms with E-state index in [4.69, 9.17) is 9.47 Å². The minimum atomic E-state index is -3.68. The Morgan fingerprint density at radius 1 is 1.06 bits per heavy atom. The van der Waals surface area contributed by atoms with Crippen molar-refractivity contribution >= 4 is 21.6 Å². The van der Waals surface area contributed by atoms with Gasteiger partial charge in [-0.3, -0.25) is 4.79 Å². The lowest BCUT2D eigenvalue weighted by Crippen LogP contribution is -2.40. The maximum absolute atomic E-state index is 13.0. The van der Waals surface area contributed by atoms with E-state index in [0.29, 0.717) is 43.1 Å². The Bertz CT molecular complexity index is 1020. The van der Waals surface area contributed by atoms with Gasteiger partial charge in [-0.2, -0.15) is 4.31 Å². The van der Waals surface area contributed by atoms with Crippen molar-refractivity contribution in [3.8, 4) is 5.75 Å². The molecule has 0 radical (unpaired) electrons. The molecular formula is C23H28N2O5S.